The molecule has 1 unspecified atom stereocenters. The van der Waals surface area contributed by atoms with Gasteiger partial charge in [-0.1, -0.05) is 54.6 Å². The Morgan fingerprint density at radius 2 is 1.72 bits per heavy atom. The number of hydrogen-bond donors (Lipinski definition) is 1. The molecule has 0 aliphatic rings. The number of benzene rings is 3. The lowest BCUT2D eigenvalue weighted by Crippen LogP contribution is -2.17. The maximum absolute atomic E-state index is 12.5. The first-order chi connectivity index (χ1) is 15.6. The van der Waals surface area contributed by atoms with E-state index in [0.717, 1.165) is 22.4 Å². The number of nitrogens with one attached hydrogen (secondary N) is 1. The van der Waals surface area contributed by atoms with Gasteiger partial charge in [-0.25, -0.2) is 4.68 Å². The van der Waals surface area contributed by atoms with Crippen LogP contribution in [0, 0.1) is 6.92 Å². The first-order valence-electron chi connectivity index (χ1n) is 10.3. The highest BCUT2D eigenvalue weighted by Gasteiger charge is 2.18. The van der Waals surface area contributed by atoms with E-state index in [1.54, 1.807) is 4.68 Å². The maximum Gasteiger partial charge on any atom is 0.336 e. The molecule has 7 heteroatoms. The lowest BCUT2D eigenvalue weighted by Gasteiger charge is -2.12. The molecular weight excluding hydrogens is 424 g/mol. The quantitative estimate of drug-likeness (QED) is 0.377. The number of carbonyl (C=O) groups excluding carboxylic acids is 1. The number of nitrogens with zero attached hydrogens (tertiary/aromatic N) is 3. The number of rotatable bonds is 7. The molecule has 1 amide bonds. The van der Waals surface area contributed by atoms with E-state index < -0.39 is 5.38 Å². The van der Waals surface area contributed by atoms with Crippen LogP contribution in [-0.2, 0) is 4.79 Å². The topological polar surface area (TPSA) is 69.0 Å². The molecule has 0 saturated heterocycles. The zero-order valence-electron chi connectivity index (χ0n) is 17.8. The SMILES string of the molecule is CCOc1nc(-c2ccccc2C)n(-c2ccc(NC(=O)C(Cl)c3ccccc3)cc2)n1. The Morgan fingerprint density at radius 1 is 1.03 bits per heavy atom. The van der Waals surface area contributed by atoms with Gasteiger partial charge in [-0.3, -0.25) is 4.79 Å². The normalized spacial score (nSPS) is 11.7. The Kier molecular flexibility index (Phi) is 6.52. The minimum absolute atomic E-state index is 0.286. The molecule has 6 nitrogen and oxygen atoms in total. The number of anilines is 1. The molecular formula is C25H23ClN4O2. The van der Waals surface area contributed by atoms with Crippen molar-refractivity contribution in [2.24, 2.45) is 0 Å². The lowest BCUT2D eigenvalue weighted by atomic mass is 10.1. The van der Waals surface area contributed by atoms with E-state index in [0.29, 0.717) is 24.1 Å². The molecule has 0 spiro atoms. The Bertz CT molecular complexity index is 1210. The van der Waals surface area contributed by atoms with E-state index in [-0.39, 0.29) is 5.91 Å². The molecule has 1 atom stereocenters. The van der Waals surface area contributed by atoms with Gasteiger partial charge in [0.15, 0.2) is 5.82 Å². The predicted molar refractivity (Wildman–Crippen MR) is 126 cm³/mol. The van der Waals surface area contributed by atoms with Crippen LogP contribution in [0.1, 0.15) is 23.4 Å². The molecule has 0 aliphatic heterocycles. The van der Waals surface area contributed by atoms with E-state index in [4.69, 9.17) is 16.3 Å². The molecule has 0 bridgehead atoms. The summed E-state index contributed by atoms with van der Waals surface area (Å²) in [5.41, 5.74) is 4.24. The Morgan fingerprint density at radius 3 is 2.41 bits per heavy atom. The summed E-state index contributed by atoms with van der Waals surface area (Å²) in [5, 5.41) is 6.61. The van der Waals surface area contributed by atoms with Crippen molar-refractivity contribution in [1.82, 2.24) is 14.8 Å². The number of carbonyl (C=O) groups is 1. The van der Waals surface area contributed by atoms with Crippen LogP contribution in [0.2, 0.25) is 0 Å². The molecule has 0 saturated carbocycles. The van der Waals surface area contributed by atoms with Crippen LogP contribution in [-0.4, -0.2) is 27.3 Å². The Hall–Kier alpha value is -3.64. The van der Waals surface area contributed by atoms with Crippen molar-refractivity contribution < 1.29 is 9.53 Å². The monoisotopic (exact) mass is 446 g/mol. The minimum Gasteiger partial charge on any atom is -0.463 e. The van der Waals surface area contributed by atoms with Crippen LogP contribution in [0.5, 0.6) is 6.01 Å². The standard InChI is InChI=1S/C25H23ClN4O2/c1-3-32-25-28-23(21-12-8-7-9-17(21)2)30(29-25)20-15-13-19(14-16-20)27-24(31)22(26)18-10-5-4-6-11-18/h4-16,22H,3H2,1-2H3,(H,27,31). The molecule has 162 valence electrons. The first kappa shape index (κ1) is 21.6. The third-order valence-electron chi connectivity index (χ3n) is 4.95. The zero-order chi connectivity index (χ0) is 22.5. The van der Waals surface area contributed by atoms with Gasteiger partial charge >= 0.3 is 6.01 Å². The summed E-state index contributed by atoms with van der Waals surface area (Å²) >= 11 is 6.32. The van der Waals surface area contributed by atoms with Gasteiger partial charge in [0.25, 0.3) is 0 Å². The Labute approximate surface area is 191 Å². The average Bonchev–Trinajstić information content (AvgIpc) is 3.24. The fourth-order valence-corrected chi connectivity index (χ4v) is 3.53. The van der Waals surface area contributed by atoms with Gasteiger partial charge in [-0.2, -0.15) is 4.98 Å². The van der Waals surface area contributed by atoms with Gasteiger partial charge in [0.05, 0.1) is 12.3 Å². The van der Waals surface area contributed by atoms with Crippen LogP contribution < -0.4 is 10.1 Å². The van der Waals surface area contributed by atoms with Crippen LogP contribution >= 0.6 is 11.6 Å². The van der Waals surface area contributed by atoms with Gasteiger partial charge < -0.3 is 10.1 Å². The molecule has 0 fully saturated rings. The highest BCUT2D eigenvalue weighted by molar-refractivity contribution is 6.32. The van der Waals surface area contributed by atoms with E-state index in [1.807, 2.05) is 92.7 Å². The Balaban J connectivity index is 1.59. The van der Waals surface area contributed by atoms with Crippen molar-refractivity contribution >= 4 is 23.2 Å². The van der Waals surface area contributed by atoms with Gasteiger partial charge in [-0.05, 0) is 49.2 Å². The fraction of sp³-hybridized carbons (Fsp3) is 0.160. The summed E-state index contributed by atoms with van der Waals surface area (Å²) in [4.78, 5) is 17.1. The van der Waals surface area contributed by atoms with E-state index in [2.05, 4.69) is 15.4 Å². The van der Waals surface area contributed by atoms with Crippen molar-refractivity contribution in [3.8, 4) is 23.1 Å². The van der Waals surface area contributed by atoms with Crippen LogP contribution in [0.4, 0.5) is 5.69 Å². The summed E-state index contributed by atoms with van der Waals surface area (Å²) in [6.45, 7) is 4.40. The third-order valence-corrected chi connectivity index (χ3v) is 5.40. The summed E-state index contributed by atoms with van der Waals surface area (Å²) in [6.07, 6.45) is 0. The number of halogens is 1. The number of alkyl halides is 1. The lowest BCUT2D eigenvalue weighted by molar-refractivity contribution is -0.116. The molecule has 3 aromatic carbocycles. The average molecular weight is 447 g/mol. The van der Waals surface area contributed by atoms with Crippen molar-refractivity contribution in [2.45, 2.75) is 19.2 Å². The van der Waals surface area contributed by atoms with Crippen molar-refractivity contribution in [3.05, 3.63) is 90.0 Å². The molecule has 0 radical (unpaired) electrons. The molecule has 1 N–H and O–H groups in total. The highest BCUT2D eigenvalue weighted by Crippen LogP contribution is 2.27. The predicted octanol–water partition coefficient (Wildman–Crippen LogP) is 5.56. The number of ether oxygens (including phenoxy) is 1. The van der Waals surface area contributed by atoms with Crippen LogP contribution in [0.3, 0.4) is 0 Å². The number of aromatic nitrogens is 3. The van der Waals surface area contributed by atoms with Gasteiger partial charge in [0.1, 0.15) is 5.38 Å². The molecule has 4 rings (SSSR count). The van der Waals surface area contributed by atoms with Gasteiger partial charge in [0.2, 0.25) is 5.91 Å². The largest absolute Gasteiger partial charge is 0.463 e. The van der Waals surface area contributed by atoms with Crippen LogP contribution in [0.25, 0.3) is 17.1 Å². The third kappa shape index (κ3) is 4.65. The highest BCUT2D eigenvalue weighted by atomic mass is 35.5. The molecule has 0 aliphatic carbocycles. The second-order valence-electron chi connectivity index (χ2n) is 7.19. The first-order valence-corrected chi connectivity index (χ1v) is 10.8. The summed E-state index contributed by atoms with van der Waals surface area (Å²) in [6, 6.07) is 24.9. The smallest absolute Gasteiger partial charge is 0.336 e. The number of amides is 1. The van der Waals surface area contributed by atoms with Gasteiger partial charge in [0, 0.05) is 11.3 Å². The summed E-state index contributed by atoms with van der Waals surface area (Å²) in [7, 11) is 0. The fourth-order valence-electron chi connectivity index (χ4n) is 3.33. The zero-order valence-corrected chi connectivity index (χ0v) is 18.6. The number of aryl methyl sites for hydroxylation is 1. The van der Waals surface area contributed by atoms with E-state index in [9.17, 15) is 4.79 Å². The van der Waals surface area contributed by atoms with Crippen LogP contribution in [0.15, 0.2) is 78.9 Å². The molecule has 1 aromatic heterocycles. The molecule has 32 heavy (non-hydrogen) atoms. The van der Waals surface area contributed by atoms with E-state index in [1.165, 1.54) is 0 Å². The molecule has 1 heterocycles. The maximum atomic E-state index is 12.5. The summed E-state index contributed by atoms with van der Waals surface area (Å²) < 4.78 is 7.28. The van der Waals surface area contributed by atoms with Crippen molar-refractivity contribution in [3.63, 3.8) is 0 Å². The van der Waals surface area contributed by atoms with Gasteiger partial charge in [-0.15, -0.1) is 16.7 Å². The summed E-state index contributed by atoms with van der Waals surface area (Å²) in [5.74, 6) is 0.402. The molecule has 4 aromatic rings. The van der Waals surface area contributed by atoms with Crippen molar-refractivity contribution in [1.29, 1.82) is 0 Å². The van der Waals surface area contributed by atoms with E-state index >= 15 is 0 Å². The minimum atomic E-state index is -0.771. The van der Waals surface area contributed by atoms with Crippen molar-refractivity contribution in [2.75, 3.05) is 11.9 Å². The second-order valence-corrected chi connectivity index (χ2v) is 7.62. The second kappa shape index (κ2) is 9.66. The number of hydrogen-bond acceptors (Lipinski definition) is 4.